The Labute approximate surface area is 94.1 Å². The number of hydrogen-bond donors (Lipinski definition) is 1. The average Bonchev–Trinajstić information content (AvgIpc) is 2.18. The first-order chi connectivity index (χ1) is 7.07. The molecule has 0 aromatic heterocycles. The predicted molar refractivity (Wildman–Crippen MR) is 65.9 cm³/mol. The van der Waals surface area contributed by atoms with Crippen molar-refractivity contribution in [2.75, 3.05) is 0 Å². The lowest BCUT2D eigenvalue weighted by Crippen LogP contribution is -2.36. The van der Waals surface area contributed by atoms with Gasteiger partial charge in [-0.2, -0.15) is 0 Å². The Bertz CT molecular complexity index is 208. The van der Waals surface area contributed by atoms with Gasteiger partial charge in [0.05, 0.1) is 14.0 Å². The van der Waals surface area contributed by atoms with Crippen molar-refractivity contribution in [3.05, 3.63) is 0 Å². The van der Waals surface area contributed by atoms with Crippen LogP contribution in [0.1, 0.15) is 39.0 Å². The maximum Gasteiger partial charge on any atom is 0.306 e. The number of carboxylic acid groups (broad SMARTS) is 1. The Morgan fingerprint density at radius 2 is 1.93 bits per heavy atom. The SMILES string of the molecule is CCCCC[Si]1(C)CCC(C(=O)O)CC1. The summed E-state index contributed by atoms with van der Waals surface area (Å²) >= 11 is 0. The summed E-state index contributed by atoms with van der Waals surface area (Å²) in [5.74, 6) is -0.601. The molecule has 0 bridgehead atoms. The summed E-state index contributed by atoms with van der Waals surface area (Å²) in [6.07, 6.45) is 5.92. The molecule has 0 spiro atoms. The zero-order chi connectivity index (χ0) is 11.3. The average molecular weight is 228 g/mol. The van der Waals surface area contributed by atoms with E-state index in [9.17, 15) is 4.79 Å². The minimum absolute atomic E-state index is 0.0308. The summed E-state index contributed by atoms with van der Waals surface area (Å²) in [5, 5.41) is 8.94. The first kappa shape index (κ1) is 12.8. The molecule has 0 saturated carbocycles. The molecule has 88 valence electrons. The second-order valence-corrected chi connectivity index (χ2v) is 10.5. The van der Waals surface area contributed by atoms with E-state index < -0.39 is 14.0 Å². The molecule has 1 N–H and O–H groups in total. The quantitative estimate of drug-likeness (QED) is 0.575. The van der Waals surface area contributed by atoms with Crippen LogP contribution in [0.5, 0.6) is 0 Å². The second kappa shape index (κ2) is 5.68. The Balaban J connectivity index is 2.30. The van der Waals surface area contributed by atoms with Crippen molar-refractivity contribution in [1.29, 1.82) is 0 Å². The summed E-state index contributed by atoms with van der Waals surface area (Å²) in [6, 6.07) is 3.91. The molecular weight excluding hydrogens is 204 g/mol. The molecule has 0 aromatic rings. The molecule has 3 heteroatoms. The first-order valence-corrected chi connectivity index (χ1v) is 9.42. The normalized spacial score (nSPS) is 31.5. The van der Waals surface area contributed by atoms with Crippen LogP contribution in [-0.2, 0) is 4.79 Å². The summed E-state index contributed by atoms with van der Waals surface area (Å²) in [7, 11) is -1.02. The van der Waals surface area contributed by atoms with Crippen molar-refractivity contribution >= 4 is 14.0 Å². The van der Waals surface area contributed by atoms with Crippen LogP contribution in [0, 0.1) is 5.92 Å². The van der Waals surface area contributed by atoms with Crippen molar-refractivity contribution in [3.8, 4) is 0 Å². The molecule has 15 heavy (non-hydrogen) atoms. The highest BCUT2D eigenvalue weighted by Crippen LogP contribution is 2.36. The van der Waals surface area contributed by atoms with E-state index in [0.29, 0.717) is 0 Å². The number of rotatable bonds is 5. The van der Waals surface area contributed by atoms with Crippen molar-refractivity contribution < 1.29 is 9.90 Å². The van der Waals surface area contributed by atoms with Crippen molar-refractivity contribution in [2.45, 2.75) is 63.7 Å². The maximum atomic E-state index is 10.8. The van der Waals surface area contributed by atoms with E-state index in [1.807, 2.05) is 0 Å². The van der Waals surface area contributed by atoms with Crippen LogP contribution in [0.25, 0.3) is 0 Å². The number of hydrogen-bond acceptors (Lipinski definition) is 1. The van der Waals surface area contributed by atoms with Gasteiger partial charge in [-0.3, -0.25) is 4.79 Å². The molecule has 0 amide bonds. The topological polar surface area (TPSA) is 37.3 Å². The van der Waals surface area contributed by atoms with E-state index >= 15 is 0 Å². The van der Waals surface area contributed by atoms with Gasteiger partial charge in [-0.1, -0.05) is 50.9 Å². The zero-order valence-electron chi connectivity index (χ0n) is 10.1. The molecule has 1 saturated heterocycles. The molecule has 2 nitrogen and oxygen atoms in total. The Morgan fingerprint density at radius 1 is 1.33 bits per heavy atom. The molecule has 0 atom stereocenters. The van der Waals surface area contributed by atoms with Gasteiger partial charge < -0.3 is 5.11 Å². The van der Waals surface area contributed by atoms with E-state index in [1.165, 1.54) is 37.4 Å². The van der Waals surface area contributed by atoms with E-state index in [4.69, 9.17) is 5.11 Å². The van der Waals surface area contributed by atoms with Crippen LogP contribution >= 0.6 is 0 Å². The minimum atomic E-state index is -1.02. The van der Waals surface area contributed by atoms with Gasteiger partial charge in [0.2, 0.25) is 0 Å². The fourth-order valence-electron chi connectivity index (χ4n) is 2.61. The molecule has 1 heterocycles. The highest BCUT2D eigenvalue weighted by Gasteiger charge is 2.34. The molecule has 0 unspecified atom stereocenters. The van der Waals surface area contributed by atoms with Crippen LogP contribution in [0.15, 0.2) is 0 Å². The lowest BCUT2D eigenvalue weighted by atomic mass is 10.0. The van der Waals surface area contributed by atoms with Gasteiger partial charge in [-0.25, -0.2) is 0 Å². The second-order valence-electron chi connectivity index (χ2n) is 5.38. The number of carbonyl (C=O) groups is 1. The molecular formula is C12H24O2Si. The summed E-state index contributed by atoms with van der Waals surface area (Å²) in [5.41, 5.74) is 0. The predicted octanol–water partition coefficient (Wildman–Crippen LogP) is 3.75. The third-order valence-electron chi connectivity index (χ3n) is 3.93. The number of aliphatic carboxylic acids is 1. The van der Waals surface area contributed by atoms with Crippen molar-refractivity contribution in [1.82, 2.24) is 0 Å². The molecule has 0 aromatic carbocycles. The lowest BCUT2D eigenvalue weighted by Gasteiger charge is -2.34. The summed E-state index contributed by atoms with van der Waals surface area (Å²) < 4.78 is 0. The smallest absolute Gasteiger partial charge is 0.306 e. The fourth-order valence-corrected chi connectivity index (χ4v) is 6.56. The van der Waals surface area contributed by atoms with Crippen LogP contribution < -0.4 is 0 Å². The van der Waals surface area contributed by atoms with Crippen LogP contribution in [-0.4, -0.2) is 19.1 Å². The Hall–Kier alpha value is -0.313. The highest BCUT2D eigenvalue weighted by molar-refractivity contribution is 6.78. The van der Waals surface area contributed by atoms with Crippen molar-refractivity contribution in [3.63, 3.8) is 0 Å². The standard InChI is InChI=1S/C12H24O2Si/c1-3-4-5-8-15(2)9-6-11(7-10-15)12(13)14/h11H,3-10H2,1-2H3,(H,13,14). The molecule has 1 rings (SSSR count). The molecule has 1 fully saturated rings. The van der Waals surface area contributed by atoms with E-state index in [-0.39, 0.29) is 5.92 Å². The van der Waals surface area contributed by atoms with Gasteiger partial charge in [-0.15, -0.1) is 0 Å². The molecule has 1 aliphatic rings. The molecule has 0 aliphatic carbocycles. The maximum absolute atomic E-state index is 10.8. The summed E-state index contributed by atoms with van der Waals surface area (Å²) in [4.78, 5) is 10.8. The third-order valence-corrected chi connectivity index (χ3v) is 8.48. The van der Waals surface area contributed by atoms with Crippen molar-refractivity contribution in [2.24, 2.45) is 5.92 Å². The molecule has 1 aliphatic heterocycles. The van der Waals surface area contributed by atoms with Gasteiger partial charge in [0.1, 0.15) is 0 Å². The van der Waals surface area contributed by atoms with E-state index in [2.05, 4.69) is 13.5 Å². The van der Waals surface area contributed by atoms with Gasteiger partial charge in [0.25, 0.3) is 0 Å². The van der Waals surface area contributed by atoms with Crippen LogP contribution in [0.2, 0.25) is 24.7 Å². The molecule has 0 radical (unpaired) electrons. The first-order valence-electron chi connectivity index (χ1n) is 6.30. The van der Waals surface area contributed by atoms with Gasteiger partial charge in [0, 0.05) is 0 Å². The number of unbranched alkanes of at least 4 members (excludes halogenated alkanes) is 2. The zero-order valence-corrected chi connectivity index (χ0v) is 11.1. The van der Waals surface area contributed by atoms with Gasteiger partial charge in [0.15, 0.2) is 0 Å². The number of carboxylic acids is 1. The van der Waals surface area contributed by atoms with E-state index in [0.717, 1.165) is 12.8 Å². The van der Waals surface area contributed by atoms with Gasteiger partial charge in [-0.05, 0) is 12.8 Å². The fraction of sp³-hybridized carbons (Fsp3) is 0.917. The summed E-state index contributed by atoms with van der Waals surface area (Å²) in [6.45, 7) is 4.71. The highest BCUT2D eigenvalue weighted by atomic mass is 28.3. The van der Waals surface area contributed by atoms with E-state index in [1.54, 1.807) is 0 Å². The lowest BCUT2D eigenvalue weighted by molar-refractivity contribution is -0.142. The van der Waals surface area contributed by atoms with Crippen LogP contribution in [0.4, 0.5) is 0 Å². The largest absolute Gasteiger partial charge is 0.481 e. The Morgan fingerprint density at radius 3 is 2.40 bits per heavy atom. The Kier molecular flexibility index (Phi) is 4.83. The third kappa shape index (κ3) is 3.97. The van der Waals surface area contributed by atoms with Gasteiger partial charge >= 0.3 is 5.97 Å². The monoisotopic (exact) mass is 228 g/mol. The van der Waals surface area contributed by atoms with Crippen LogP contribution in [0.3, 0.4) is 0 Å². The minimum Gasteiger partial charge on any atom is -0.481 e.